The van der Waals surface area contributed by atoms with E-state index in [1.165, 1.54) is 0 Å². The summed E-state index contributed by atoms with van der Waals surface area (Å²) >= 11 is 7.88. The van der Waals surface area contributed by atoms with E-state index in [4.69, 9.17) is 11.6 Å². The lowest BCUT2D eigenvalue weighted by atomic mass is 10.1. The Morgan fingerprint density at radius 2 is 2.27 bits per heavy atom. The van der Waals surface area contributed by atoms with Gasteiger partial charge in [0.25, 0.3) is 0 Å². The van der Waals surface area contributed by atoms with Crippen molar-refractivity contribution in [1.82, 2.24) is 5.32 Å². The van der Waals surface area contributed by atoms with Crippen LogP contribution in [0.3, 0.4) is 0 Å². The van der Waals surface area contributed by atoms with Gasteiger partial charge in [-0.2, -0.15) is 0 Å². The molecule has 0 aliphatic carbocycles. The summed E-state index contributed by atoms with van der Waals surface area (Å²) in [5.74, 6) is 1.08. The summed E-state index contributed by atoms with van der Waals surface area (Å²) in [4.78, 5) is 4.36. The van der Waals surface area contributed by atoms with Gasteiger partial charge in [-0.05, 0) is 18.6 Å². The topological polar surface area (TPSA) is 24.4 Å². The van der Waals surface area contributed by atoms with Gasteiger partial charge < -0.3 is 5.32 Å². The number of hydrogen-bond donors (Lipinski definition) is 1. The van der Waals surface area contributed by atoms with Crippen molar-refractivity contribution in [3.63, 3.8) is 0 Å². The number of hydrogen-bond acceptors (Lipinski definition) is 3. The predicted octanol–water partition coefficient (Wildman–Crippen LogP) is 3.09. The maximum absolute atomic E-state index is 6.12. The van der Waals surface area contributed by atoms with Crippen LogP contribution in [0.25, 0.3) is 0 Å². The highest BCUT2D eigenvalue weighted by Crippen LogP contribution is 2.23. The zero-order valence-electron chi connectivity index (χ0n) is 8.53. The van der Waals surface area contributed by atoms with Crippen molar-refractivity contribution in [3.8, 4) is 0 Å². The van der Waals surface area contributed by atoms with Gasteiger partial charge in [-0.15, -0.1) is 0 Å². The molecular formula is C11H13ClN2S. The molecule has 0 saturated carbocycles. The molecule has 1 N–H and O–H groups in total. The first kappa shape index (κ1) is 10.8. The first-order valence-corrected chi connectivity index (χ1v) is 6.32. The second-order valence-electron chi connectivity index (χ2n) is 3.42. The van der Waals surface area contributed by atoms with E-state index in [-0.39, 0.29) is 6.04 Å². The van der Waals surface area contributed by atoms with Crippen LogP contribution in [-0.2, 0) is 0 Å². The van der Waals surface area contributed by atoms with Gasteiger partial charge >= 0.3 is 0 Å². The fraction of sp³-hybridized carbons (Fsp3) is 0.364. The molecule has 0 spiro atoms. The molecule has 80 valence electrons. The molecule has 2 rings (SSSR count). The molecule has 1 aliphatic rings. The number of benzene rings is 1. The van der Waals surface area contributed by atoms with Crippen molar-refractivity contribution in [1.29, 1.82) is 0 Å². The first-order valence-electron chi connectivity index (χ1n) is 4.95. The molecule has 2 nitrogen and oxygen atoms in total. The van der Waals surface area contributed by atoms with E-state index < -0.39 is 0 Å². The molecule has 1 heterocycles. The Bertz CT molecular complexity index is 379. The largest absolute Gasteiger partial charge is 0.358 e. The maximum atomic E-state index is 6.12. The molecule has 0 amide bonds. The van der Waals surface area contributed by atoms with Crippen molar-refractivity contribution in [2.45, 2.75) is 13.0 Å². The van der Waals surface area contributed by atoms with Crippen molar-refractivity contribution < 1.29 is 0 Å². The van der Waals surface area contributed by atoms with E-state index in [2.05, 4.69) is 17.2 Å². The number of aliphatic imine (C=N–C) groups is 1. The Hall–Kier alpha value is -0.670. The van der Waals surface area contributed by atoms with Crippen molar-refractivity contribution in [2.75, 3.05) is 12.3 Å². The third kappa shape index (κ3) is 2.67. The molecule has 1 unspecified atom stereocenters. The standard InChI is InChI=1S/C11H13ClN2S/c1-8(14-11-13-6-7-15-11)9-4-2-3-5-10(9)12/h2-5,8H,6-7H2,1H3,(H,13,14). The smallest absolute Gasteiger partial charge is 0.157 e. The number of halogens is 1. The van der Waals surface area contributed by atoms with Crippen LogP contribution < -0.4 is 5.32 Å². The van der Waals surface area contributed by atoms with Crippen LogP contribution in [0.5, 0.6) is 0 Å². The first-order chi connectivity index (χ1) is 7.27. The van der Waals surface area contributed by atoms with Gasteiger partial charge in [0.1, 0.15) is 0 Å². The summed E-state index contributed by atoms with van der Waals surface area (Å²) in [6.07, 6.45) is 0. The molecular weight excluding hydrogens is 228 g/mol. The summed E-state index contributed by atoms with van der Waals surface area (Å²) in [6.45, 7) is 3.02. The Kier molecular flexibility index (Phi) is 3.54. The third-order valence-electron chi connectivity index (χ3n) is 2.30. The number of amidine groups is 1. The van der Waals surface area contributed by atoms with Crippen molar-refractivity contribution in [3.05, 3.63) is 34.9 Å². The van der Waals surface area contributed by atoms with Crippen LogP contribution in [-0.4, -0.2) is 17.5 Å². The fourth-order valence-electron chi connectivity index (χ4n) is 1.51. The summed E-state index contributed by atoms with van der Waals surface area (Å²) in [6, 6.07) is 8.12. The highest BCUT2D eigenvalue weighted by atomic mass is 35.5. The van der Waals surface area contributed by atoms with Crippen molar-refractivity contribution >= 4 is 28.5 Å². The molecule has 1 aromatic carbocycles. The van der Waals surface area contributed by atoms with Crippen LogP contribution in [0, 0.1) is 0 Å². The van der Waals surface area contributed by atoms with Gasteiger partial charge in [-0.3, -0.25) is 4.99 Å². The molecule has 15 heavy (non-hydrogen) atoms. The lowest BCUT2D eigenvalue weighted by Gasteiger charge is -2.15. The van der Waals surface area contributed by atoms with E-state index in [1.54, 1.807) is 11.8 Å². The van der Waals surface area contributed by atoms with E-state index in [9.17, 15) is 0 Å². The molecule has 1 aliphatic heterocycles. The van der Waals surface area contributed by atoms with Gasteiger partial charge in [0, 0.05) is 10.8 Å². The Morgan fingerprint density at radius 3 is 2.93 bits per heavy atom. The minimum absolute atomic E-state index is 0.211. The molecule has 4 heteroatoms. The number of nitrogens with zero attached hydrogens (tertiary/aromatic N) is 1. The average molecular weight is 241 g/mol. The van der Waals surface area contributed by atoms with Crippen LogP contribution in [0.15, 0.2) is 29.3 Å². The number of nitrogens with one attached hydrogen (secondary N) is 1. The quantitative estimate of drug-likeness (QED) is 0.859. The minimum atomic E-state index is 0.211. The van der Waals surface area contributed by atoms with Gasteiger partial charge in [0.05, 0.1) is 12.6 Å². The lowest BCUT2D eigenvalue weighted by Crippen LogP contribution is -2.23. The molecule has 0 radical (unpaired) electrons. The van der Waals surface area contributed by atoms with Gasteiger partial charge in [-0.1, -0.05) is 41.6 Å². The Balaban J connectivity index is 2.07. The monoisotopic (exact) mass is 240 g/mol. The minimum Gasteiger partial charge on any atom is -0.358 e. The zero-order chi connectivity index (χ0) is 10.7. The average Bonchev–Trinajstić information content (AvgIpc) is 2.71. The zero-order valence-corrected chi connectivity index (χ0v) is 10.1. The Labute approximate surface area is 99.1 Å². The van der Waals surface area contributed by atoms with E-state index in [0.29, 0.717) is 0 Å². The summed E-state index contributed by atoms with van der Waals surface area (Å²) < 4.78 is 0. The summed E-state index contributed by atoms with van der Waals surface area (Å²) in [5.41, 5.74) is 1.12. The van der Waals surface area contributed by atoms with Crippen LogP contribution >= 0.6 is 23.4 Å². The van der Waals surface area contributed by atoms with E-state index in [0.717, 1.165) is 28.1 Å². The van der Waals surface area contributed by atoms with Gasteiger partial charge in [0.15, 0.2) is 5.17 Å². The van der Waals surface area contributed by atoms with E-state index in [1.807, 2.05) is 24.3 Å². The van der Waals surface area contributed by atoms with Crippen LogP contribution in [0.2, 0.25) is 5.02 Å². The van der Waals surface area contributed by atoms with Crippen LogP contribution in [0.4, 0.5) is 0 Å². The normalized spacial score (nSPS) is 17.3. The predicted molar refractivity (Wildman–Crippen MR) is 67.8 cm³/mol. The number of thioether (sulfide) groups is 1. The second kappa shape index (κ2) is 4.90. The lowest BCUT2D eigenvalue weighted by molar-refractivity contribution is 0.723. The summed E-state index contributed by atoms with van der Waals surface area (Å²) in [7, 11) is 0. The van der Waals surface area contributed by atoms with Gasteiger partial charge in [0.2, 0.25) is 0 Å². The fourth-order valence-corrected chi connectivity index (χ4v) is 2.63. The molecule has 1 atom stereocenters. The number of rotatable bonds is 2. The maximum Gasteiger partial charge on any atom is 0.157 e. The molecule has 1 aromatic rings. The Morgan fingerprint density at radius 1 is 1.47 bits per heavy atom. The third-order valence-corrected chi connectivity index (χ3v) is 3.55. The molecule has 0 saturated heterocycles. The molecule has 0 aromatic heterocycles. The highest BCUT2D eigenvalue weighted by Gasteiger charge is 2.13. The SMILES string of the molecule is CC(NC1=NCCS1)c1ccccc1Cl. The van der Waals surface area contributed by atoms with E-state index >= 15 is 0 Å². The van der Waals surface area contributed by atoms with Crippen LogP contribution in [0.1, 0.15) is 18.5 Å². The molecule has 0 fully saturated rings. The van der Waals surface area contributed by atoms with Crippen molar-refractivity contribution in [2.24, 2.45) is 4.99 Å². The van der Waals surface area contributed by atoms with Gasteiger partial charge in [-0.25, -0.2) is 0 Å². The summed E-state index contributed by atoms with van der Waals surface area (Å²) in [5, 5.41) is 5.20. The highest BCUT2D eigenvalue weighted by molar-refractivity contribution is 8.14. The molecule has 0 bridgehead atoms. The second-order valence-corrected chi connectivity index (χ2v) is 4.91.